The largest absolute Gasteiger partial charge is 0.449 e. The van der Waals surface area contributed by atoms with Gasteiger partial charge in [-0.1, -0.05) is 32.0 Å². The molecule has 1 unspecified atom stereocenters. The number of carbonyl (C=O) groups excluding carboxylic acids is 3. The summed E-state index contributed by atoms with van der Waals surface area (Å²) in [6.07, 6.45) is -1.04. The number of hydrogen-bond acceptors (Lipinski definition) is 6. The first kappa shape index (κ1) is 20.2. The number of aryl methyl sites for hydroxylation is 1. The van der Waals surface area contributed by atoms with Gasteiger partial charge in [-0.05, 0) is 32.0 Å². The second-order valence-electron chi connectivity index (χ2n) is 7.14. The van der Waals surface area contributed by atoms with Crippen LogP contribution in [0.1, 0.15) is 43.8 Å². The van der Waals surface area contributed by atoms with E-state index in [1.807, 2.05) is 0 Å². The van der Waals surface area contributed by atoms with Crippen LogP contribution in [0, 0.1) is 12.3 Å². The molecule has 144 valence electrons. The van der Waals surface area contributed by atoms with E-state index in [-0.39, 0.29) is 17.3 Å². The van der Waals surface area contributed by atoms with E-state index in [1.54, 1.807) is 52.0 Å². The molecule has 2 aromatic rings. The third kappa shape index (κ3) is 5.67. The fraction of sp³-hybridized carbons (Fsp3) is 0.368. The lowest BCUT2D eigenvalue weighted by Crippen LogP contribution is -2.30. The molecule has 8 nitrogen and oxygen atoms in total. The lowest BCUT2D eigenvalue weighted by molar-refractivity contribution is -0.124. The van der Waals surface area contributed by atoms with Gasteiger partial charge in [0.15, 0.2) is 11.9 Å². The Morgan fingerprint density at radius 1 is 1.15 bits per heavy atom. The van der Waals surface area contributed by atoms with Crippen molar-refractivity contribution in [2.75, 3.05) is 10.6 Å². The second-order valence-corrected chi connectivity index (χ2v) is 7.14. The number of aromatic nitrogens is 1. The molecule has 8 heteroatoms. The average molecular weight is 373 g/mol. The van der Waals surface area contributed by atoms with E-state index in [4.69, 9.17) is 9.26 Å². The fourth-order valence-electron chi connectivity index (χ4n) is 1.98. The van der Waals surface area contributed by atoms with Crippen LogP contribution in [0.3, 0.4) is 0 Å². The Kier molecular flexibility index (Phi) is 5.99. The molecule has 1 atom stereocenters. The molecular formula is C19H23N3O5. The van der Waals surface area contributed by atoms with E-state index in [2.05, 4.69) is 15.8 Å². The van der Waals surface area contributed by atoms with Gasteiger partial charge in [0.25, 0.3) is 5.91 Å². The van der Waals surface area contributed by atoms with E-state index >= 15 is 0 Å². The molecule has 0 radical (unpaired) electrons. The zero-order chi connectivity index (χ0) is 20.2. The number of anilines is 2. The summed E-state index contributed by atoms with van der Waals surface area (Å²) < 4.78 is 10.0. The Labute approximate surface area is 157 Å². The lowest BCUT2D eigenvalue weighted by atomic mass is 9.95. The summed E-state index contributed by atoms with van der Waals surface area (Å²) >= 11 is 0. The predicted molar refractivity (Wildman–Crippen MR) is 99.3 cm³/mol. The van der Waals surface area contributed by atoms with Gasteiger partial charge in [-0.25, -0.2) is 4.79 Å². The van der Waals surface area contributed by atoms with Crippen LogP contribution < -0.4 is 10.6 Å². The number of hydrogen-bond donors (Lipinski definition) is 2. The van der Waals surface area contributed by atoms with Crippen molar-refractivity contribution in [2.24, 2.45) is 5.41 Å². The quantitative estimate of drug-likeness (QED) is 0.779. The summed E-state index contributed by atoms with van der Waals surface area (Å²) in [5.41, 5.74) is 0.126. The van der Waals surface area contributed by atoms with Gasteiger partial charge in [0.05, 0.1) is 5.56 Å². The normalized spacial score (nSPS) is 12.2. The van der Waals surface area contributed by atoms with Crippen LogP contribution in [0.2, 0.25) is 0 Å². The van der Waals surface area contributed by atoms with Crippen LogP contribution in [0.25, 0.3) is 0 Å². The summed E-state index contributed by atoms with van der Waals surface area (Å²) in [5.74, 6) is -0.602. The SMILES string of the molecule is Cc1cc(NC(=O)C(C)OC(=O)c2cccc(NC(=O)C(C)(C)C)c2)no1. The lowest BCUT2D eigenvalue weighted by Gasteiger charge is -2.18. The summed E-state index contributed by atoms with van der Waals surface area (Å²) in [6, 6.07) is 7.88. The zero-order valence-electron chi connectivity index (χ0n) is 16.0. The smallest absolute Gasteiger partial charge is 0.338 e. The number of ether oxygens (including phenoxy) is 1. The van der Waals surface area contributed by atoms with Crippen LogP contribution in [-0.2, 0) is 14.3 Å². The number of esters is 1. The molecule has 0 aliphatic rings. The van der Waals surface area contributed by atoms with Gasteiger partial charge in [0.2, 0.25) is 5.91 Å². The van der Waals surface area contributed by atoms with E-state index in [0.717, 1.165) is 0 Å². The van der Waals surface area contributed by atoms with Gasteiger partial charge < -0.3 is 19.9 Å². The van der Waals surface area contributed by atoms with E-state index < -0.39 is 23.4 Å². The third-order valence-electron chi connectivity index (χ3n) is 3.57. The maximum atomic E-state index is 12.3. The molecule has 0 aliphatic heterocycles. The number of nitrogens with one attached hydrogen (secondary N) is 2. The Balaban J connectivity index is 1.99. The van der Waals surface area contributed by atoms with Crippen molar-refractivity contribution in [3.63, 3.8) is 0 Å². The van der Waals surface area contributed by atoms with Gasteiger partial charge in [0.1, 0.15) is 5.76 Å². The Morgan fingerprint density at radius 3 is 2.44 bits per heavy atom. The standard InChI is InChI=1S/C19H23N3O5/c1-11-9-15(22-27-11)21-16(23)12(2)26-17(24)13-7-6-8-14(10-13)20-18(25)19(3,4)5/h6-10,12H,1-5H3,(H,20,25)(H,21,22,23). The first-order valence-electron chi connectivity index (χ1n) is 8.43. The molecule has 2 amide bonds. The molecule has 0 fully saturated rings. The van der Waals surface area contributed by atoms with Crippen molar-refractivity contribution in [2.45, 2.75) is 40.7 Å². The van der Waals surface area contributed by atoms with Crippen LogP contribution in [0.4, 0.5) is 11.5 Å². The number of nitrogens with zero attached hydrogens (tertiary/aromatic N) is 1. The maximum absolute atomic E-state index is 12.3. The molecule has 27 heavy (non-hydrogen) atoms. The highest BCUT2D eigenvalue weighted by Crippen LogP contribution is 2.19. The molecule has 0 saturated heterocycles. The molecular weight excluding hydrogens is 350 g/mol. The minimum Gasteiger partial charge on any atom is -0.449 e. The molecule has 1 aromatic carbocycles. The van der Waals surface area contributed by atoms with Crippen molar-refractivity contribution in [1.29, 1.82) is 0 Å². The van der Waals surface area contributed by atoms with Gasteiger partial charge in [-0.3, -0.25) is 9.59 Å². The van der Waals surface area contributed by atoms with Crippen LogP contribution in [0.5, 0.6) is 0 Å². The first-order valence-corrected chi connectivity index (χ1v) is 8.43. The summed E-state index contributed by atoms with van der Waals surface area (Å²) in [5, 5.41) is 8.89. The minimum atomic E-state index is -1.04. The Hall–Kier alpha value is -3.16. The van der Waals surface area contributed by atoms with Crippen molar-refractivity contribution >= 4 is 29.3 Å². The molecule has 2 rings (SSSR count). The maximum Gasteiger partial charge on any atom is 0.338 e. The fourth-order valence-corrected chi connectivity index (χ4v) is 1.98. The highest BCUT2D eigenvalue weighted by molar-refractivity contribution is 5.98. The number of amides is 2. The third-order valence-corrected chi connectivity index (χ3v) is 3.57. The number of carbonyl (C=O) groups is 3. The van der Waals surface area contributed by atoms with E-state index in [9.17, 15) is 14.4 Å². The Morgan fingerprint density at radius 2 is 1.85 bits per heavy atom. The highest BCUT2D eigenvalue weighted by atomic mass is 16.5. The minimum absolute atomic E-state index is 0.177. The van der Waals surface area contributed by atoms with Gasteiger partial charge >= 0.3 is 5.97 Å². The molecule has 0 aliphatic carbocycles. The molecule has 0 spiro atoms. The second kappa shape index (κ2) is 8.03. The van der Waals surface area contributed by atoms with Crippen LogP contribution in [0.15, 0.2) is 34.9 Å². The summed E-state index contributed by atoms with van der Waals surface area (Å²) in [6.45, 7) is 8.51. The molecule has 2 N–H and O–H groups in total. The number of rotatable bonds is 5. The first-order chi connectivity index (χ1) is 12.6. The van der Waals surface area contributed by atoms with Gasteiger partial charge in [-0.2, -0.15) is 0 Å². The van der Waals surface area contributed by atoms with Crippen LogP contribution >= 0.6 is 0 Å². The average Bonchev–Trinajstić information content (AvgIpc) is 2.99. The highest BCUT2D eigenvalue weighted by Gasteiger charge is 2.23. The van der Waals surface area contributed by atoms with Crippen molar-refractivity contribution in [3.8, 4) is 0 Å². The van der Waals surface area contributed by atoms with E-state index in [1.165, 1.54) is 13.0 Å². The van der Waals surface area contributed by atoms with Crippen molar-refractivity contribution in [3.05, 3.63) is 41.7 Å². The van der Waals surface area contributed by atoms with Crippen molar-refractivity contribution < 1.29 is 23.6 Å². The van der Waals surface area contributed by atoms with Crippen molar-refractivity contribution in [1.82, 2.24) is 5.16 Å². The summed E-state index contributed by atoms with van der Waals surface area (Å²) in [4.78, 5) is 36.4. The molecule has 0 saturated carbocycles. The molecule has 0 bridgehead atoms. The summed E-state index contributed by atoms with van der Waals surface area (Å²) in [7, 11) is 0. The van der Waals surface area contributed by atoms with Gasteiger partial charge in [-0.15, -0.1) is 0 Å². The molecule has 1 aromatic heterocycles. The predicted octanol–water partition coefficient (Wildman–Crippen LogP) is 3.15. The van der Waals surface area contributed by atoms with Crippen LogP contribution in [-0.4, -0.2) is 29.0 Å². The molecule has 1 heterocycles. The van der Waals surface area contributed by atoms with E-state index in [0.29, 0.717) is 11.4 Å². The monoisotopic (exact) mass is 373 g/mol. The zero-order valence-corrected chi connectivity index (χ0v) is 16.0. The number of benzene rings is 1. The topological polar surface area (TPSA) is 111 Å². The Bertz CT molecular complexity index is 851. The van der Waals surface area contributed by atoms with Gasteiger partial charge in [0, 0.05) is 17.2 Å².